The van der Waals surface area contributed by atoms with Crippen LogP contribution >= 0.6 is 0 Å². The summed E-state index contributed by atoms with van der Waals surface area (Å²) < 4.78 is 50.5. The van der Waals surface area contributed by atoms with Gasteiger partial charge in [0, 0.05) is 17.9 Å². The summed E-state index contributed by atoms with van der Waals surface area (Å²) in [6, 6.07) is 13.7. The molecule has 4 aromatic rings. The number of benzene rings is 2. The van der Waals surface area contributed by atoms with Crippen molar-refractivity contribution in [3.63, 3.8) is 0 Å². The quantitative estimate of drug-likeness (QED) is 0.230. The Balaban J connectivity index is 1.52. The largest absolute Gasteiger partial charge is 0.364 e. The van der Waals surface area contributed by atoms with E-state index in [0.29, 0.717) is 40.6 Å². The topological polar surface area (TPSA) is 171 Å². The number of H-pyrrole nitrogens is 1. The average molecular weight is 503 g/mol. The number of fused-ring (bicyclic) bond motifs is 1. The first-order chi connectivity index (χ1) is 16.0. The molecule has 5 N–H and O–H groups in total. The number of anilines is 5. The molecule has 0 saturated heterocycles. The van der Waals surface area contributed by atoms with Gasteiger partial charge in [-0.15, -0.1) is 0 Å². The van der Waals surface area contributed by atoms with Gasteiger partial charge in [-0.25, -0.2) is 21.8 Å². The standard InChI is InChI=1S/C20H22N8O4S2/c1-33(29,30)27-14-8-6-13(7-9-14)11-21-18-17-19(23-12-22-17)26-20(25-18)24-15-4-3-5-16(10-15)28-34(2,31)32/h3-10,12,27-28H,11H2,1-2H3,(H3,21,22,23,24,25,26). The van der Waals surface area contributed by atoms with E-state index in [-0.39, 0.29) is 5.95 Å². The van der Waals surface area contributed by atoms with Crippen LogP contribution in [0.1, 0.15) is 5.56 Å². The predicted molar refractivity (Wildman–Crippen MR) is 132 cm³/mol. The average Bonchev–Trinajstić information content (AvgIpc) is 3.20. The SMILES string of the molecule is CS(=O)(=O)Nc1ccc(CNc2nc(Nc3cccc(NS(C)(=O)=O)c3)nc3[nH]cnc23)cc1. The van der Waals surface area contributed by atoms with Gasteiger partial charge in [0.15, 0.2) is 11.5 Å². The van der Waals surface area contributed by atoms with Gasteiger partial charge < -0.3 is 15.6 Å². The minimum Gasteiger partial charge on any atom is -0.364 e. The predicted octanol–water partition coefficient (Wildman–Crippen LogP) is 2.45. The van der Waals surface area contributed by atoms with Gasteiger partial charge in [-0.05, 0) is 35.9 Å². The Hall–Kier alpha value is -3.91. The number of aromatic nitrogens is 4. The van der Waals surface area contributed by atoms with Crippen LogP contribution in [-0.2, 0) is 26.6 Å². The molecule has 2 aromatic carbocycles. The molecule has 178 valence electrons. The van der Waals surface area contributed by atoms with Crippen molar-refractivity contribution in [1.82, 2.24) is 19.9 Å². The van der Waals surface area contributed by atoms with Crippen LogP contribution in [0.15, 0.2) is 54.9 Å². The lowest BCUT2D eigenvalue weighted by Crippen LogP contribution is -2.10. The van der Waals surface area contributed by atoms with E-state index in [1.54, 1.807) is 48.5 Å². The molecule has 0 fully saturated rings. The van der Waals surface area contributed by atoms with Crippen LogP contribution in [0.2, 0.25) is 0 Å². The highest BCUT2D eigenvalue weighted by Gasteiger charge is 2.11. The van der Waals surface area contributed by atoms with Gasteiger partial charge >= 0.3 is 0 Å². The fraction of sp³-hybridized carbons (Fsp3) is 0.150. The number of nitrogens with zero attached hydrogens (tertiary/aromatic N) is 3. The van der Waals surface area contributed by atoms with Crippen molar-refractivity contribution in [3.05, 3.63) is 60.4 Å². The van der Waals surface area contributed by atoms with Gasteiger partial charge in [0.05, 0.1) is 24.5 Å². The van der Waals surface area contributed by atoms with Crippen molar-refractivity contribution >= 4 is 60.0 Å². The van der Waals surface area contributed by atoms with E-state index in [4.69, 9.17) is 0 Å². The third-order valence-electron chi connectivity index (χ3n) is 4.42. The zero-order valence-electron chi connectivity index (χ0n) is 18.2. The Morgan fingerprint density at radius 3 is 2.24 bits per heavy atom. The maximum atomic E-state index is 11.5. The van der Waals surface area contributed by atoms with Crippen LogP contribution < -0.4 is 20.1 Å². The van der Waals surface area contributed by atoms with Gasteiger partial charge in [-0.2, -0.15) is 9.97 Å². The van der Waals surface area contributed by atoms with E-state index >= 15 is 0 Å². The summed E-state index contributed by atoms with van der Waals surface area (Å²) in [5.41, 5.74) is 3.43. The number of aromatic amines is 1. The molecule has 2 heterocycles. The lowest BCUT2D eigenvalue weighted by Gasteiger charge is -2.11. The lowest BCUT2D eigenvalue weighted by molar-refractivity contribution is 0.605. The smallest absolute Gasteiger partial charge is 0.231 e. The van der Waals surface area contributed by atoms with Crippen molar-refractivity contribution in [1.29, 1.82) is 0 Å². The molecule has 0 aliphatic rings. The van der Waals surface area contributed by atoms with Crippen molar-refractivity contribution in [3.8, 4) is 0 Å². The fourth-order valence-corrected chi connectivity index (χ4v) is 4.23. The van der Waals surface area contributed by atoms with Gasteiger partial charge in [-0.3, -0.25) is 9.44 Å². The molecule has 14 heteroatoms. The normalized spacial score (nSPS) is 11.8. The molecule has 12 nitrogen and oxygen atoms in total. The molecule has 0 aliphatic carbocycles. The summed E-state index contributed by atoms with van der Waals surface area (Å²) in [5, 5.41) is 6.29. The Morgan fingerprint density at radius 1 is 0.853 bits per heavy atom. The van der Waals surface area contributed by atoms with E-state index in [1.807, 2.05) is 0 Å². The summed E-state index contributed by atoms with van der Waals surface area (Å²) in [6.07, 6.45) is 3.68. The molecule has 0 radical (unpaired) electrons. The number of hydrogen-bond donors (Lipinski definition) is 5. The van der Waals surface area contributed by atoms with Crippen molar-refractivity contribution < 1.29 is 16.8 Å². The number of imidazole rings is 1. The Kier molecular flexibility index (Phi) is 6.26. The first-order valence-electron chi connectivity index (χ1n) is 9.91. The molecule has 0 unspecified atom stereocenters. The van der Waals surface area contributed by atoms with Gasteiger partial charge in [0.2, 0.25) is 26.0 Å². The summed E-state index contributed by atoms with van der Waals surface area (Å²) in [4.78, 5) is 16.1. The fourth-order valence-electron chi connectivity index (χ4n) is 3.11. The summed E-state index contributed by atoms with van der Waals surface area (Å²) in [5.74, 6) is 0.765. The molecule has 34 heavy (non-hydrogen) atoms. The van der Waals surface area contributed by atoms with E-state index in [9.17, 15) is 16.8 Å². The number of sulfonamides is 2. The maximum absolute atomic E-state index is 11.5. The van der Waals surface area contributed by atoms with Crippen molar-refractivity contribution in [2.24, 2.45) is 0 Å². The molecule has 0 spiro atoms. The minimum atomic E-state index is -3.41. The first-order valence-corrected chi connectivity index (χ1v) is 13.7. The van der Waals surface area contributed by atoms with Crippen LogP contribution in [-0.4, -0.2) is 49.3 Å². The second-order valence-corrected chi connectivity index (χ2v) is 11.0. The first kappa shape index (κ1) is 23.3. The summed E-state index contributed by atoms with van der Waals surface area (Å²) in [6.45, 7) is 0.408. The van der Waals surface area contributed by atoms with E-state index in [0.717, 1.165) is 18.1 Å². The van der Waals surface area contributed by atoms with Crippen LogP contribution in [0, 0.1) is 0 Å². The summed E-state index contributed by atoms with van der Waals surface area (Å²) in [7, 11) is -6.75. The molecule has 0 saturated carbocycles. The highest BCUT2D eigenvalue weighted by Crippen LogP contribution is 2.23. The second-order valence-electron chi connectivity index (χ2n) is 7.50. The van der Waals surface area contributed by atoms with Crippen LogP contribution in [0.25, 0.3) is 11.2 Å². The molecule has 0 amide bonds. The zero-order valence-corrected chi connectivity index (χ0v) is 19.8. The van der Waals surface area contributed by atoms with Crippen molar-refractivity contribution in [2.45, 2.75) is 6.54 Å². The highest BCUT2D eigenvalue weighted by molar-refractivity contribution is 7.92. The molecule has 2 aromatic heterocycles. The van der Waals surface area contributed by atoms with E-state index < -0.39 is 20.0 Å². The van der Waals surface area contributed by atoms with Crippen LogP contribution in [0.5, 0.6) is 0 Å². The molecular formula is C20H22N8O4S2. The third-order valence-corrected chi connectivity index (χ3v) is 5.63. The van der Waals surface area contributed by atoms with E-state index in [1.165, 1.54) is 6.33 Å². The number of nitrogens with one attached hydrogen (secondary N) is 5. The molecule has 0 atom stereocenters. The van der Waals surface area contributed by atoms with Crippen LogP contribution in [0.3, 0.4) is 0 Å². The number of hydrogen-bond acceptors (Lipinski definition) is 9. The maximum Gasteiger partial charge on any atom is 0.231 e. The lowest BCUT2D eigenvalue weighted by atomic mass is 10.2. The van der Waals surface area contributed by atoms with Gasteiger partial charge in [0.1, 0.15) is 5.52 Å². The molecule has 0 aliphatic heterocycles. The van der Waals surface area contributed by atoms with E-state index in [2.05, 4.69) is 40.0 Å². The molecule has 4 rings (SSSR count). The monoisotopic (exact) mass is 502 g/mol. The Labute approximate surface area is 196 Å². The zero-order chi connectivity index (χ0) is 24.3. The summed E-state index contributed by atoms with van der Waals surface area (Å²) >= 11 is 0. The van der Waals surface area contributed by atoms with Crippen molar-refractivity contribution in [2.75, 3.05) is 32.6 Å². The number of rotatable bonds is 9. The molecular weight excluding hydrogens is 480 g/mol. The minimum absolute atomic E-state index is 0.281. The van der Waals surface area contributed by atoms with Crippen LogP contribution in [0.4, 0.5) is 28.8 Å². The second kappa shape index (κ2) is 9.15. The van der Waals surface area contributed by atoms with Gasteiger partial charge in [0.25, 0.3) is 0 Å². The van der Waals surface area contributed by atoms with Gasteiger partial charge in [-0.1, -0.05) is 18.2 Å². The Morgan fingerprint density at radius 2 is 1.53 bits per heavy atom. The molecule has 0 bridgehead atoms. The Bertz CT molecular complexity index is 1530. The third kappa shape index (κ3) is 6.32. The highest BCUT2D eigenvalue weighted by atomic mass is 32.2.